The maximum absolute atomic E-state index is 12.9. The highest BCUT2D eigenvalue weighted by atomic mass is 16.2. The Hall–Kier alpha value is -2.50. The molecule has 3 atom stereocenters. The number of carbonyl (C=O) groups is 3. The first-order valence-corrected chi connectivity index (χ1v) is 9.15. The number of amides is 3. The van der Waals surface area contributed by atoms with E-state index in [2.05, 4.69) is 10.3 Å². The smallest absolute Gasteiger partial charge is 0.248 e. The van der Waals surface area contributed by atoms with Gasteiger partial charge in [-0.2, -0.15) is 0 Å². The van der Waals surface area contributed by atoms with Gasteiger partial charge in [-0.25, -0.2) is 4.98 Å². The number of allylic oxidation sites excluding steroid dienone is 2. The van der Waals surface area contributed by atoms with E-state index < -0.39 is 6.04 Å². The summed E-state index contributed by atoms with van der Waals surface area (Å²) < 4.78 is 0. The van der Waals surface area contributed by atoms with Crippen molar-refractivity contribution in [1.82, 2.24) is 9.88 Å². The lowest BCUT2D eigenvalue weighted by Gasteiger charge is -2.27. The Morgan fingerprint density at radius 2 is 1.81 bits per heavy atom. The molecule has 1 N–H and O–H groups in total. The molecule has 2 aliphatic rings. The molecule has 6 nitrogen and oxygen atoms in total. The topological polar surface area (TPSA) is 79.4 Å². The average Bonchev–Trinajstić information content (AvgIpc) is 2.84. The summed E-state index contributed by atoms with van der Waals surface area (Å²) in [6.45, 7) is 5.79. The SMILES string of the molecule is Cc1cccc(NC(=O)[C@H](CC(C)C)N2C(=O)[C@H]3CC=CC[C@H]3C2=O)n1. The van der Waals surface area contributed by atoms with E-state index in [0.717, 1.165) is 5.69 Å². The second-order valence-corrected chi connectivity index (χ2v) is 7.50. The molecule has 138 valence electrons. The third-order valence-corrected chi connectivity index (χ3v) is 4.99. The van der Waals surface area contributed by atoms with Crippen LogP contribution < -0.4 is 5.32 Å². The molecule has 6 heteroatoms. The van der Waals surface area contributed by atoms with Gasteiger partial charge in [-0.1, -0.05) is 32.1 Å². The van der Waals surface area contributed by atoms with E-state index in [-0.39, 0.29) is 35.5 Å². The van der Waals surface area contributed by atoms with Crippen molar-refractivity contribution in [3.05, 3.63) is 36.0 Å². The molecule has 1 fully saturated rings. The highest BCUT2D eigenvalue weighted by Gasteiger charge is 2.51. The zero-order valence-electron chi connectivity index (χ0n) is 15.4. The van der Waals surface area contributed by atoms with E-state index >= 15 is 0 Å². The minimum absolute atomic E-state index is 0.164. The van der Waals surface area contributed by atoms with E-state index in [1.807, 2.05) is 45.1 Å². The molecule has 1 aliphatic heterocycles. The monoisotopic (exact) mass is 355 g/mol. The van der Waals surface area contributed by atoms with Crippen LogP contribution in [0, 0.1) is 24.7 Å². The molecule has 0 bridgehead atoms. The Morgan fingerprint density at radius 3 is 2.35 bits per heavy atom. The predicted molar refractivity (Wildman–Crippen MR) is 98.1 cm³/mol. The molecule has 1 saturated heterocycles. The van der Waals surface area contributed by atoms with Crippen LogP contribution >= 0.6 is 0 Å². The lowest BCUT2D eigenvalue weighted by atomic mass is 9.85. The van der Waals surface area contributed by atoms with Crippen molar-refractivity contribution in [3.63, 3.8) is 0 Å². The Morgan fingerprint density at radius 1 is 1.19 bits per heavy atom. The van der Waals surface area contributed by atoms with Crippen molar-refractivity contribution in [3.8, 4) is 0 Å². The highest BCUT2D eigenvalue weighted by Crippen LogP contribution is 2.37. The van der Waals surface area contributed by atoms with Crippen molar-refractivity contribution in [2.24, 2.45) is 17.8 Å². The van der Waals surface area contributed by atoms with Crippen LogP contribution in [0.4, 0.5) is 5.82 Å². The third kappa shape index (κ3) is 3.54. The van der Waals surface area contributed by atoms with E-state index in [1.54, 1.807) is 6.07 Å². The van der Waals surface area contributed by atoms with Crippen LogP contribution in [0.2, 0.25) is 0 Å². The number of likely N-dealkylation sites (tertiary alicyclic amines) is 1. The summed E-state index contributed by atoms with van der Waals surface area (Å²) in [4.78, 5) is 44.1. The van der Waals surface area contributed by atoms with Crippen LogP contribution in [0.3, 0.4) is 0 Å². The van der Waals surface area contributed by atoms with Gasteiger partial charge in [0.1, 0.15) is 11.9 Å². The largest absolute Gasteiger partial charge is 0.309 e. The number of pyridine rings is 1. The summed E-state index contributed by atoms with van der Waals surface area (Å²) in [7, 11) is 0. The average molecular weight is 355 g/mol. The van der Waals surface area contributed by atoms with Gasteiger partial charge < -0.3 is 5.32 Å². The van der Waals surface area contributed by atoms with Gasteiger partial charge in [0.2, 0.25) is 17.7 Å². The van der Waals surface area contributed by atoms with Crippen LogP contribution in [0.5, 0.6) is 0 Å². The summed E-state index contributed by atoms with van der Waals surface area (Å²) >= 11 is 0. The zero-order chi connectivity index (χ0) is 18.8. The van der Waals surface area contributed by atoms with E-state index in [0.29, 0.717) is 25.1 Å². The molecule has 1 aromatic heterocycles. The summed E-state index contributed by atoms with van der Waals surface area (Å²) in [5, 5.41) is 2.78. The maximum Gasteiger partial charge on any atom is 0.248 e. The van der Waals surface area contributed by atoms with Gasteiger partial charge >= 0.3 is 0 Å². The summed E-state index contributed by atoms with van der Waals surface area (Å²) in [5.41, 5.74) is 0.786. The van der Waals surface area contributed by atoms with Gasteiger partial charge in [-0.3, -0.25) is 19.3 Å². The van der Waals surface area contributed by atoms with Gasteiger partial charge in [0.15, 0.2) is 0 Å². The Labute approximate surface area is 153 Å². The van der Waals surface area contributed by atoms with Gasteiger partial charge in [0.05, 0.1) is 11.8 Å². The number of carbonyl (C=O) groups excluding carboxylic acids is 3. The highest BCUT2D eigenvalue weighted by molar-refractivity contribution is 6.10. The molecule has 3 rings (SSSR count). The molecule has 0 saturated carbocycles. The lowest BCUT2D eigenvalue weighted by Crippen LogP contribution is -2.48. The number of rotatable bonds is 5. The van der Waals surface area contributed by atoms with E-state index in [4.69, 9.17) is 0 Å². The second-order valence-electron chi connectivity index (χ2n) is 7.50. The third-order valence-electron chi connectivity index (χ3n) is 4.99. The van der Waals surface area contributed by atoms with E-state index in [1.165, 1.54) is 4.90 Å². The number of nitrogens with zero attached hydrogens (tertiary/aromatic N) is 2. The first-order valence-electron chi connectivity index (χ1n) is 9.15. The van der Waals surface area contributed by atoms with Crippen LogP contribution in [0.15, 0.2) is 30.4 Å². The molecular weight excluding hydrogens is 330 g/mol. The maximum atomic E-state index is 12.9. The lowest BCUT2D eigenvalue weighted by molar-refractivity contribution is -0.147. The van der Waals surface area contributed by atoms with Gasteiger partial charge in [-0.05, 0) is 44.2 Å². The molecule has 2 heterocycles. The summed E-state index contributed by atoms with van der Waals surface area (Å²) in [6.07, 6.45) is 5.47. The number of hydrogen-bond donors (Lipinski definition) is 1. The number of nitrogens with one attached hydrogen (secondary N) is 1. The fourth-order valence-corrected chi connectivity index (χ4v) is 3.73. The van der Waals surface area contributed by atoms with Crippen molar-refractivity contribution in [1.29, 1.82) is 0 Å². The Kier molecular flexibility index (Phi) is 5.20. The fourth-order valence-electron chi connectivity index (χ4n) is 3.73. The molecule has 0 aromatic carbocycles. The van der Waals surface area contributed by atoms with Crippen molar-refractivity contribution in [2.45, 2.75) is 46.1 Å². The van der Waals surface area contributed by atoms with Gasteiger partial charge in [0, 0.05) is 5.69 Å². The molecular formula is C20H25N3O3. The Bertz CT molecular complexity index is 730. The van der Waals surface area contributed by atoms with Crippen LogP contribution in [0.25, 0.3) is 0 Å². The predicted octanol–water partition coefficient (Wildman–Crippen LogP) is 2.69. The first kappa shape index (κ1) is 18.3. The number of imide groups is 1. The van der Waals surface area contributed by atoms with E-state index in [9.17, 15) is 14.4 Å². The summed E-state index contributed by atoms with van der Waals surface area (Å²) in [5.74, 6) is -0.853. The van der Waals surface area contributed by atoms with Crippen LogP contribution in [0.1, 0.15) is 38.8 Å². The van der Waals surface area contributed by atoms with Gasteiger partial charge in [-0.15, -0.1) is 0 Å². The number of fused-ring (bicyclic) bond motifs is 1. The Balaban J connectivity index is 1.84. The molecule has 0 radical (unpaired) electrons. The molecule has 0 unspecified atom stereocenters. The van der Waals surface area contributed by atoms with Crippen LogP contribution in [-0.4, -0.2) is 33.6 Å². The van der Waals surface area contributed by atoms with Crippen molar-refractivity contribution in [2.75, 3.05) is 5.32 Å². The molecule has 1 aliphatic carbocycles. The fraction of sp³-hybridized carbons (Fsp3) is 0.500. The van der Waals surface area contributed by atoms with Gasteiger partial charge in [0.25, 0.3) is 0 Å². The molecule has 26 heavy (non-hydrogen) atoms. The number of aromatic nitrogens is 1. The molecule has 3 amide bonds. The second kappa shape index (κ2) is 7.40. The number of aryl methyl sites for hydroxylation is 1. The number of anilines is 1. The standard InChI is InChI=1S/C20H25N3O3/c1-12(2)11-16(18(24)22-17-10-6-7-13(3)21-17)23-19(25)14-8-4-5-9-15(14)20(23)26/h4-7,10,12,14-16H,8-9,11H2,1-3H3,(H,21,22,24)/t14-,15+,16-/m0/s1. The minimum atomic E-state index is -0.803. The van der Waals surface area contributed by atoms with Crippen molar-refractivity contribution >= 4 is 23.5 Å². The summed E-state index contributed by atoms with van der Waals surface area (Å²) in [6, 6.07) is 4.55. The quantitative estimate of drug-likeness (QED) is 0.650. The minimum Gasteiger partial charge on any atom is -0.309 e. The molecule has 1 aromatic rings. The van der Waals surface area contributed by atoms with Crippen molar-refractivity contribution < 1.29 is 14.4 Å². The number of hydrogen-bond acceptors (Lipinski definition) is 4. The molecule has 0 spiro atoms. The first-order chi connectivity index (χ1) is 12.4. The zero-order valence-corrected chi connectivity index (χ0v) is 15.4. The van der Waals surface area contributed by atoms with Crippen LogP contribution in [-0.2, 0) is 14.4 Å². The normalized spacial score (nSPS) is 23.3.